The summed E-state index contributed by atoms with van der Waals surface area (Å²) in [6.07, 6.45) is 1.55. The number of hydrogen-bond acceptors (Lipinski definition) is 8. The quantitative estimate of drug-likeness (QED) is 0.0878. The van der Waals surface area contributed by atoms with Crippen LogP contribution in [0.4, 0.5) is 10.8 Å². The number of carbonyl (C=O) groups is 3. The van der Waals surface area contributed by atoms with Gasteiger partial charge in [-0.05, 0) is 66.2 Å². The molecular formula is C35H28Cl2N4O5S2. The number of rotatable bonds is 12. The highest BCUT2D eigenvalue weighted by Gasteiger charge is 2.17. The van der Waals surface area contributed by atoms with Crippen LogP contribution in [0.2, 0.25) is 10.0 Å². The number of nitrogens with one attached hydrogen (secondary N) is 3. The molecule has 0 bridgehead atoms. The Bertz CT molecular complexity index is 1990. The Morgan fingerprint density at radius 2 is 1.65 bits per heavy atom. The van der Waals surface area contributed by atoms with Gasteiger partial charge in [0.2, 0.25) is 5.91 Å². The molecule has 0 saturated heterocycles. The lowest BCUT2D eigenvalue weighted by Crippen LogP contribution is -2.30. The van der Waals surface area contributed by atoms with Crippen LogP contribution in [0.1, 0.15) is 15.9 Å². The first-order chi connectivity index (χ1) is 23.2. The van der Waals surface area contributed by atoms with Crippen LogP contribution in [0.25, 0.3) is 17.3 Å². The van der Waals surface area contributed by atoms with E-state index in [4.69, 9.17) is 32.7 Å². The summed E-state index contributed by atoms with van der Waals surface area (Å²) in [5.41, 5.74) is 2.94. The third-order valence-corrected chi connectivity index (χ3v) is 9.17. The number of benzene rings is 4. The van der Waals surface area contributed by atoms with Crippen LogP contribution in [-0.4, -0.2) is 42.7 Å². The molecular weight excluding hydrogens is 691 g/mol. The fourth-order valence-electron chi connectivity index (χ4n) is 4.34. The van der Waals surface area contributed by atoms with Gasteiger partial charge in [-0.15, -0.1) is 23.1 Å². The third kappa shape index (κ3) is 9.17. The molecule has 0 unspecified atom stereocenters. The van der Waals surface area contributed by atoms with Crippen LogP contribution in [0.5, 0.6) is 11.5 Å². The van der Waals surface area contributed by atoms with E-state index >= 15 is 0 Å². The second-order valence-electron chi connectivity index (χ2n) is 9.98. The molecule has 3 N–H and O–H groups in total. The Balaban J connectivity index is 1.25. The minimum atomic E-state index is -0.546. The number of aromatic nitrogens is 1. The van der Waals surface area contributed by atoms with Crippen molar-refractivity contribution in [2.45, 2.75) is 4.90 Å². The summed E-state index contributed by atoms with van der Waals surface area (Å²) in [7, 11) is 3.04. The van der Waals surface area contributed by atoms with Gasteiger partial charge >= 0.3 is 0 Å². The molecule has 0 radical (unpaired) electrons. The summed E-state index contributed by atoms with van der Waals surface area (Å²) in [5.74, 6) is -0.134. The number of methoxy groups -OCH3 is 2. The molecule has 9 nitrogen and oxygen atoms in total. The maximum absolute atomic E-state index is 13.5. The standard InChI is InChI=1S/C35H28Cl2N4O5S2/c1-45-30-14-11-21(16-31(30)46-2)15-28(39-33(43)22-7-4-3-5-8-22)34(44)38-24-9-6-10-25(18-24)47-20-32(42)41-35-40-29(19-48-35)23-12-13-26(36)27(37)17-23/h3-19H,20H2,1-2H3,(H,38,44)(H,39,43)(H,40,41,42)/b28-15+. The van der Waals surface area contributed by atoms with E-state index < -0.39 is 11.8 Å². The Labute approximate surface area is 295 Å². The van der Waals surface area contributed by atoms with Crippen molar-refractivity contribution in [1.82, 2.24) is 10.3 Å². The van der Waals surface area contributed by atoms with Gasteiger partial charge in [-0.3, -0.25) is 14.4 Å². The highest BCUT2D eigenvalue weighted by Crippen LogP contribution is 2.31. The Morgan fingerprint density at radius 3 is 2.40 bits per heavy atom. The zero-order chi connectivity index (χ0) is 34.0. The highest BCUT2D eigenvalue weighted by molar-refractivity contribution is 8.00. The van der Waals surface area contributed by atoms with Crippen molar-refractivity contribution >= 4 is 80.9 Å². The van der Waals surface area contributed by atoms with E-state index in [0.29, 0.717) is 49.2 Å². The van der Waals surface area contributed by atoms with E-state index in [0.717, 1.165) is 10.5 Å². The number of ether oxygens (including phenoxy) is 2. The molecule has 5 aromatic rings. The molecule has 244 valence electrons. The number of halogens is 2. The Kier molecular flexibility index (Phi) is 11.8. The fraction of sp³-hybridized carbons (Fsp3) is 0.0857. The van der Waals surface area contributed by atoms with Crippen molar-refractivity contribution in [1.29, 1.82) is 0 Å². The van der Waals surface area contributed by atoms with Crippen LogP contribution in [-0.2, 0) is 9.59 Å². The SMILES string of the molecule is COc1ccc(/C=C(/NC(=O)c2ccccc2)C(=O)Nc2cccc(SCC(=O)Nc3nc(-c4ccc(Cl)c(Cl)c4)cs3)c2)cc1OC. The smallest absolute Gasteiger partial charge is 0.272 e. The fourth-order valence-corrected chi connectivity index (χ4v) is 6.13. The maximum Gasteiger partial charge on any atom is 0.272 e. The maximum atomic E-state index is 13.5. The van der Waals surface area contributed by atoms with Crippen molar-refractivity contribution in [2.75, 3.05) is 30.6 Å². The zero-order valence-corrected chi connectivity index (χ0v) is 28.7. The van der Waals surface area contributed by atoms with E-state index in [-0.39, 0.29) is 17.4 Å². The summed E-state index contributed by atoms with van der Waals surface area (Å²) in [4.78, 5) is 44.5. The molecule has 0 aliphatic rings. The Morgan fingerprint density at radius 1 is 0.854 bits per heavy atom. The summed E-state index contributed by atoms with van der Waals surface area (Å²) in [6.45, 7) is 0. The lowest BCUT2D eigenvalue weighted by atomic mass is 10.1. The second-order valence-corrected chi connectivity index (χ2v) is 12.7. The predicted octanol–water partition coefficient (Wildman–Crippen LogP) is 8.27. The molecule has 13 heteroatoms. The monoisotopic (exact) mass is 718 g/mol. The van der Waals surface area contributed by atoms with Gasteiger partial charge in [0.25, 0.3) is 11.8 Å². The average molecular weight is 720 g/mol. The molecule has 0 aliphatic carbocycles. The number of nitrogens with zero attached hydrogens (tertiary/aromatic N) is 1. The predicted molar refractivity (Wildman–Crippen MR) is 193 cm³/mol. The number of thiazole rings is 1. The van der Waals surface area contributed by atoms with Crippen molar-refractivity contribution in [3.63, 3.8) is 0 Å². The van der Waals surface area contributed by atoms with Crippen LogP contribution < -0.4 is 25.4 Å². The highest BCUT2D eigenvalue weighted by atomic mass is 35.5. The summed E-state index contributed by atoms with van der Waals surface area (Å²) in [5, 5.41) is 11.5. The summed E-state index contributed by atoms with van der Waals surface area (Å²) >= 11 is 14.7. The van der Waals surface area contributed by atoms with Gasteiger partial charge in [0.15, 0.2) is 16.6 Å². The van der Waals surface area contributed by atoms with E-state index in [9.17, 15) is 14.4 Å². The van der Waals surface area contributed by atoms with Crippen LogP contribution in [0, 0.1) is 0 Å². The molecule has 1 aromatic heterocycles. The van der Waals surface area contributed by atoms with Crippen LogP contribution in [0.15, 0.2) is 107 Å². The lowest BCUT2D eigenvalue weighted by Gasteiger charge is -2.13. The van der Waals surface area contributed by atoms with Gasteiger partial charge in [-0.1, -0.05) is 59.6 Å². The van der Waals surface area contributed by atoms with E-state index in [1.54, 1.807) is 84.9 Å². The molecule has 4 aromatic carbocycles. The van der Waals surface area contributed by atoms with Gasteiger partial charge in [0, 0.05) is 27.1 Å². The summed E-state index contributed by atoms with van der Waals surface area (Å²) in [6, 6.07) is 26.0. The second kappa shape index (κ2) is 16.3. The van der Waals surface area contributed by atoms with Gasteiger partial charge in [0.1, 0.15) is 5.70 Å². The molecule has 48 heavy (non-hydrogen) atoms. The largest absolute Gasteiger partial charge is 0.493 e. The third-order valence-electron chi connectivity index (χ3n) is 6.68. The minimum Gasteiger partial charge on any atom is -0.493 e. The average Bonchev–Trinajstić information content (AvgIpc) is 3.57. The normalized spacial score (nSPS) is 11.0. The van der Waals surface area contributed by atoms with Crippen molar-refractivity contribution in [3.8, 4) is 22.8 Å². The van der Waals surface area contributed by atoms with Gasteiger partial charge in [0.05, 0.1) is 35.7 Å². The van der Waals surface area contributed by atoms with Crippen molar-refractivity contribution in [3.05, 3.63) is 123 Å². The van der Waals surface area contributed by atoms with Crippen LogP contribution in [0.3, 0.4) is 0 Å². The molecule has 0 atom stereocenters. The number of anilines is 2. The Hall–Kier alpha value is -4.81. The molecule has 0 aliphatic heterocycles. The lowest BCUT2D eigenvalue weighted by molar-refractivity contribution is -0.114. The molecule has 0 fully saturated rings. The zero-order valence-electron chi connectivity index (χ0n) is 25.6. The number of carbonyl (C=O) groups excluding carboxylic acids is 3. The molecule has 5 rings (SSSR count). The first-order valence-electron chi connectivity index (χ1n) is 14.3. The van der Waals surface area contributed by atoms with Gasteiger partial charge in [-0.2, -0.15) is 0 Å². The molecule has 0 saturated carbocycles. The van der Waals surface area contributed by atoms with Gasteiger partial charge < -0.3 is 25.4 Å². The number of hydrogen-bond donors (Lipinski definition) is 3. The molecule has 1 heterocycles. The summed E-state index contributed by atoms with van der Waals surface area (Å²) < 4.78 is 10.7. The van der Waals surface area contributed by atoms with Crippen molar-refractivity contribution < 1.29 is 23.9 Å². The van der Waals surface area contributed by atoms with Gasteiger partial charge in [-0.25, -0.2) is 4.98 Å². The minimum absolute atomic E-state index is 0.0113. The molecule has 0 spiro atoms. The van der Waals surface area contributed by atoms with Crippen molar-refractivity contribution in [2.24, 2.45) is 0 Å². The topological polar surface area (TPSA) is 119 Å². The van der Waals surface area contributed by atoms with E-state index in [2.05, 4.69) is 20.9 Å². The number of amides is 3. The number of thioether (sulfide) groups is 1. The molecule has 3 amide bonds. The van der Waals surface area contributed by atoms with E-state index in [1.165, 1.54) is 37.3 Å². The first-order valence-corrected chi connectivity index (χ1v) is 16.9. The van der Waals surface area contributed by atoms with E-state index in [1.807, 2.05) is 17.5 Å². The first kappa shape index (κ1) is 34.5. The van der Waals surface area contributed by atoms with Crippen LogP contribution >= 0.6 is 46.3 Å².